The largest absolute Gasteiger partial charge is 0.487 e. The van der Waals surface area contributed by atoms with E-state index < -0.39 is 23.8 Å². The smallest absolute Gasteiger partial charge is 0.347 e. The van der Waals surface area contributed by atoms with Crippen molar-refractivity contribution >= 4 is 5.97 Å². The van der Waals surface area contributed by atoms with Gasteiger partial charge in [-0.1, -0.05) is 11.2 Å². The fourth-order valence-corrected chi connectivity index (χ4v) is 2.30. The van der Waals surface area contributed by atoms with Gasteiger partial charge < -0.3 is 18.7 Å². The van der Waals surface area contributed by atoms with Crippen LogP contribution in [0.15, 0.2) is 28.8 Å². The highest BCUT2D eigenvalue weighted by atomic mass is 19.3. The van der Waals surface area contributed by atoms with Crippen molar-refractivity contribution in [3.63, 3.8) is 0 Å². The van der Waals surface area contributed by atoms with Crippen LogP contribution in [0.2, 0.25) is 0 Å². The summed E-state index contributed by atoms with van der Waals surface area (Å²) in [5.41, 5.74) is 1.12. The molecular weight excluding hydrogens is 324 g/mol. The van der Waals surface area contributed by atoms with Crippen LogP contribution in [0.5, 0.6) is 11.5 Å². The van der Waals surface area contributed by atoms with E-state index in [-0.39, 0.29) is 12.3 Å². The SMILES string of the molecule is COC(=O)C1Cc2ccc(OCc3cc(C(C)(F)F)on3)cc2O1. The molecule has 0 spiro atoms. The first-order valence-electron chi connectivity index (χ1n) is 7.21. The van der Waals surface area contributed by atoms with Crippen LogP contribution in [0.4, 0.5) is 8.78 Å². The molecule has 1 unspecified atom stereocenters. The summed E-state index contributed by atoms with van der Waals surface area (Å²) in [6.45, 7) is 0.701. The first-order chi connectivity index (χ1) is 11.4. The number of nitrogens with zero attached hydrogens (tertiary/aromatic N) is 1. The van der Waals surface area contributed by atoms with Crippen molar-refractivity contribution in [3.05, 3.63) is 41.3 Å². The van der Waals surface area contributed by atoms with Gasteiger partial charge in [0.05, 0.1) is 7.11 Å². The molecule has 0 bridgehead atoms. The monoisotopic (exact) mass is 339 g/mol. The van der Waals surface area contributed by atoms with Gasteiger partial charge in [-0.2, -0.15) is 8.78 Å². The van der Waals surface area contributed by atoms with Crippen molar-refractivity contribution in [3.8, 4) is 11.5 Å². The second-order valence-corrected chi connectivity index (χ2v) is 5.46. The third kappa shape index (κ3) is 3.32. The lowest BCUT2D eigenvalue weighted by molar-refractivity contribution is -0.147. The number of halogens is 2. The Morgan fingerprint density at radius 3 is 2.88 bits per heavy atom. The average molecular weight is 339 g/mol. The maximum absolute atomic E-state index is 13.1. The van der Waals surface area contributed by atoms with E-state index in [0.29, 0.717) is 17.9 Å². The molecule has 1 aromatic carbocycles. The van der Waals surface area contributed by atoms with Crippen LogP contribution in [0.25, 0.3) is 0 Å². The van der Waals surface area contributed by atoms with Gasteiger partial charge in [-0.25, -0.2) is 4.79 Å². The van der Waals surface area contributed by atoms with Crippen molar-refractivity contribution in [1.29, 1.82) is 0 Å². The van der Waals surface area contributed by atoms with Crippen LogP contribution < -0.4 is 9.47 Å². The predicted molar refractivity (Wildman–Crippen MR) is 77.0 cm³/mol. The van der Waals surface area contributed by atoms with E-state index in [1.54, 1.807) is 18.2 Å². The molecule has 2 aromatic rings. The molecule has 0 aliphatic carbocycles. The Labute approximate surface area is 136 Å². The second-order valence-electron chi connectivity index (χ2n) is 5.46. The van der Waals surface area contributed by atoms with Crippen molar-refractivity contribution in [2.75, 3.05) is 7.11 Å². The summed E-state index contributed by atoms with van der Waals surface area (Å²) >= 11 is 0. The fraction of sp³-hybridized carbons (Fsp3) is 0.375. The number of methoxy groups -OCH3 is 1. The van der Waals surface area contributed by atoms with Gasteiger partial charge in [0.15, 0.2) is 6.10 Å². The summed E-state index contributed by atoms with van der Waals surface area (Å²) in [7, 11) is 1.30. The Morgan fingerprint density at radius 2 is 2.21 bits per heavy atom. The highest BCUT2D eigenvalue weighted by Gasteiger charge is 2.31. The Balaban J connectivity index is 1.64. The Hall–Kier alpha value is -2.64. The summed E-state index contributed by atoms with van der Waals surface area (Å²) in [5, 5.41) is 3.54. The lowest BCUT2D eigenvalue weighted by Gasteiger charge is -2.08. The maximum Gasteiger partial charge on any atom is 0.347 e. The molecule has 1 aliphatic heterocycles. The first kappa shape index (κ1) is 16.2. The van der Waals surface area contributed by atoms with E-state index in [9.17, 15) is 13.6 Å². The third-order valence-electron chi connectivity index (χ3n) is 3.56. The average Bonchev–Trinajstić information content (AvgIpc) is 3.17. The van der Waals surface area contributed by atoms with E-state index >= 15 is 0 Å². The number of benzene rings is 1. The van der Waals surface area contributed by atoms with E-state index in [1.165, 1.54) is 7.11 Å². The van der Waals surface area contributed by atoms with Gasteiger partial charge in [0.1, 0.15) is 23.8 Å². The topological polar surface area (TPSA) is 70.8 Å². The van der Waals surface area contributed by atoms with Gasteiger partial charge in [-0.15, -0.1) is 0 Å². The number of aromatic nitrogens is 1. The number of fused-ring (bicyclic) bond motifs is 1. The third-order valence-corrected chi connectivity index (χ3v) is 3.56. The second kappa shape index (κ2) is 6.10. The number of esters is 1. The minimum atomic E-state index is -3.09. The van der Waals surface area contributed by atoms with Crippen molar-refractivity contribution < 1.29 is 32.3 Å². The van der Waals surface area contributed by atoms with Gasteiger partial charge in [0, 0.05) is 25.5 Å². The fourth-order valence-electron chi connectivity index (χ4n) is 2.30. The molecular formula is C16H15F2NO5. The van der Waals surface area contributed by atoms with Crippen LogP contribution >= 0.6 is 0 Å². The molecule has 24 heavy (non-hydrogen) atoms. The van der Waals surface area contributed by atoms with Gasteiger partial charge in [0.2, 0.25) is 5.76 Å². The summed E-state index contributed by atoms with van der Waals surface area (Å²) in [6.07, 6.45) is -0.231. The molecule has 0 fully saturated rings. The normalized spacial score (nSPS) is 16.4. The summed E-state index contributed by atoms with van der Waals surface area (Å²) < 4.78 is 46.4. The number of carbonyl (C=O) groups excluding carboxylic acids is 1. The minimum Gasteiger partial charge on any atom is -0.487 e. The zero-order valence-electron chi connectivity index (χ0n) is 13.0. The van der Waals surface area contributed by atoms with Gasteiger partial charge in [0.25, 0.3) is 0 Å². The molecule has 6 nitrogen and oxygen atoms in total. The zero-order chi connectivity index (χ0) is 17.3. The molecule has 0 amide bonds. The predicted octanol–water partition coefficient (Wildman–Crippen LogP) is 2.84. The molecule has 0 saturated heterocycles. The van der Waals surface area contributed by atoms with Crippen LogP contribution in [-0.4, -0.2) is 24.3 Å². The molecule has 128 valence electrons. The maximum atomic E-state index is 13.1. The molecule has 3 rings (SSSR count). The van der Waals surface area contributed by atoms with Crippen LogP contribution in [-0.2, 0) is 28.5 Å². The Bertz CT molecular complexity index is 753. The quantitative estimate of drug-likeness (QED) is 0.780. The lowest BCUT2D eigenvalue weighted by Crippen LogP contribution is -2.26. The van der Waals surface area contributed by atoms with Crippen LogP contribution in [0.1, 0.15) is 23.9 Å². The Kier molecular flexibility index (Phi) is 4.13. The van der Waals surface area contributed by atoms with E-state index in [1.807, 2.05) is 0 Å². The molecule has 0 saturated carbocycles. The number of rotatable bonds is 5. The van der Waals surface area contributed by atoms with Crippen LogP contribution in [0, 0.1) is 0 Å². The van der Waals surface area contributed by atoms with E-state index in [0.717, 1.165) is 18.6 Å². The number of alkyl halides is 2. The number of ether oxygens (including phenoxy) is 3. The van der Waals surface area contributed by atoms with Gasteiger partial charge in [-0.3, -0.25) is 0 Å². The lowest BCUT2D eigenvalue weighted by atomic mass is 10.1. The highest BCUT2D eigenvalue weighted by Crippen LogP contribution is 2.33. The number of carbonyl (C=O) groups is 1. The van der Waals surface area contributed by atoms with Crippen LogP contribution in [0.3, 0.4) is 0 Å². The summed E-state index contributed by atoms with van der Waals surface area (Å²) in [4.78, 5) is 11.5. The zero-order valence-corrected chi connectivity index (χ0v) is 13.0. The first-order valence-corrected chi connectivity index (χ1v) is 7.21. The van der Waals surface area contributed by atoms with Crippen molar-refractivity contribution in [2.45, 2.75) is 32.0 Å². The summed E-state index contributed by atoms with van der Waals surface area (Å²) in [5.74, 6) is -3.05. The van der Waals surface area contributed by atoms with Gasteiger partial charge >= 0.3 is 11.9 Å². The number of hydrogen-bond acceptors (Lipinski definition) is 6. The van der Waals surface area contributed by atoms with E-state index in [2.05, 4.69) is 14.4 Å². The molecule has 1 aromatic heterocycles. The van der Waals surface area contributed by atoms with Gasteiger partial charge in [-0.05, 0) is 11.6 Å². The minimum absolute atomic E-state index is 0.0290. The standard InChI is InChI=1S/C16H15F2NO5/c1-16(17,18)14-6-10(19-24-14)8-22-11-4-3-9-5-13(15(20)21-2)23-12(9)7-11/h3-4,6-7,13H,5,8H2,1-2H3. The molecule has 1 aliphatic rings. The molecule has 0 radical (unpaired) electrons. The van der Waals surface area contributed by atoms with Crippen molar-refractivity contribution in [2.24, 2.45) is 0 Å². The summed E-state index contributed by atoms with van der Waals surface area (Å²) in [6, 6.07) is 6.27. The molecule has 2 heterocycles. The van der Waals surface area contributed by atoms with Crippen molar-refractivity contribution in [1.82, 2.24) is 5.16 Å². The molecule has 1 atom stereocenters. The number of hydrogen-bond donors (Lipinski definition) is 0. The molecule has 0 N–H and O–H groups in total. The molecule has 8 heteroatoms. The Morgan fingerprint density at radius 1 is 1.42 bits per heavy atom. The van der Waals surface area contributed by atoms with E-state index in [4.69, 9.17) is 9.47 Å². The highest BCUT2D eigenvalue weighted by molar-refractivity contribution is 5.76.